The quantitative estimate of drug-likeness (QED) is 0.871. The van der Waals surface area contributed by atoms with Crippen molar-refractivity contribution >= 4 is 23.2 Å². The Hall–Kier alpha value is -2.04. The molecule has 1 atom stereocenters. The maximum atomic E-state index is 12.8. The van der Waals surface area contributed by atoms with Crippen molar-refractivity contribution in [3.05, 3.63) is 24.3 Å². The molecule has 0 saturated carbocycles. The van der Waals surface area contributed by atoms with Gasteiger partial charge in [0.2, 0.25) is 11.8 Å². The summed E-state index contributed by atoms with van der Waals surface area (Å²) in [7, 11) is 2.03. The molecule has 1 unspecified atom stereocenters. The van der Waals surface area contributed by atoms with Crippen LogP contribution in [0.5, 0.6) is 0 Å². The molecular weight excluding hydrogens is 302 g/mol. The van der Waals surface area contributed by atoms with E-state index in [1.54, 1.807) is 4.90 Å². The van der Waals surface area contributed by atoms with Crippen LogP contribution < -0.4 is 10.2 Å². The Bertz CT molecular complexity index is 598. The van der Waals surface area contributed by atoms with Crippen molar-refractivity contribution in [1.82, 2.24) is 4.90 Å². The van der Waals surface area contributed by atoms with E-state index >= 15 is 0 Å². The largest absolute Gasteiger partial charge is 0.372 e. The molecule has 1 fully saturated rings. The fraction of sp³-hybridized carbons (Fsp3) is 0.579. The second kappa shape index (κ2) is 7.69. The van der Waals surface area contributed by atoms with Crippen molar-refractivity contribution in [2.75, 3.05) is 23.8 Å². The van der Waals surface area contributed by atoms with Gasteiger partial charge in [-0.1, -0.05) is 19.9 Å². The Morgan fingerprint density at radius 3 is 2.50 bits per heavy atom. The van der Waals surface area contributed by atoms with Crippen LogP contribution in [0.3, 0.4) is 0 Å². The van der Waals surface area contributed by atoms with Crippen LogP contribution in [0.4, 0.5) is 11.4 Å². The van der Waals surface area contributed by atoms with Gasteiger partial charge in [-0.3, -0.25) is 9.59 Å². The van der Waals surface area contributed by atoms with Gasteiger partial charge in [-0.2, -0.15) is 0 Å². The van der Waals surface area contributed by atoms with Crippen LogP contribution in [-0.2, 0) is 9.59 Å². The maximum Gasteiger partial charge on any atom is 0.247 e. The van der Waals surface area contributed by atoms with Gasteiger partial charge in [-0.15, -0.1) is 0 Å². The summed E-state index contributed by atoms with van der Waals surface area (Å²) < 4.78 is 0. The summed E-state index contributed by atoms with van der Waals surface area (Å²) >= 11 is 0. The Balaban J connectivity index is 2.15. The topological polar surface area (TPSA) is 52.7 Å². The molecule has 5 heteroatoms. The lowest BCUT2D eigenvalue weighted by molar-refractivity contribution is -0.136. The highest BCUT2D eigenvalue weighted by Crippen LogP contribution is 2.23. The van der Waals surface area contributed by atoms with Gasteiger partial charge in [0.25, 0.3) is 0 Å². The predicted molar refractivity (Wildman–Crippen MR) is 98.2 cm³/mol. The number of benzene rings is 1. The minimum absolute atomic E-state index is 0.0774. The van der Waals surface area contributed by atoms with Crippen LogP contribution in [-0.4, -0.2) is 42.4 Å². The monoisotopic (exact) mass is 331 g/mol. The molecule has 0 aliphatic carbocycles. The smallest absolute Gasteiger partial charge is 0.247 e. The van der Waals surface area contributed by atoms with Gasteiger partial charge in [-0.25, -0.2) is 0 Å². The number of nitrogens with one attached hydrogen (secondary N) is 1. The molecule has 2 rings (SSSR count). The molecule has 0 spiro atoms. The zero-order valence-electron chi connectivity index (χ0n) is 15.4. The molecule has 1 aromatic rings. The average molecular weight is 331 g/mol. The molecule has 24 heavy (non-hydrogen) atoms. The van der Waals surface area contributed by atoms with Crippen molar-refractivity contribution in [2.45, 2.75) is 52.6 Å². The second-order valence-corrected chi connectivity index (χ2v) is 7.12. The average Bonchev–Trinajstić information content (AvgIpc) is 2.92. The SMILES string of the molecule is CC(C)C(C(=O)Nc1cccc(N(C)C(C)C)c1)N1CCCC1=O. The normalized spacial score (nSPS) is 16.0. The Kier molecular flexibility index (Phi) is 5.86. The zero-order valence-corrected chi connectivity index (χ0v) is 15.4. The summed E-state index contributed by atoms with van der Waals surface area (Å²) in [6.45, 7) is 8.89. The van der Waals surface area contributed by atoms with Crippen LogP contribution in [0.15, 0.2) is 24.3 Å². The van der Waals surface area contributed by atoms with E-state index < -0.39 is 6.04 Å². The summed E-state index contributed by atoms with van der Waals surface area (Å²) in [5, 5.41) is 3.00. The second-order valence-electron chi connectivity index (χ2n) is 7.12. The fourth-order valence-electron chi connectivity index (χ4n) is 3.08. The van der Waals surface area contributed by atoms with E-state index in [1.807, 2.05) is 45.2 Å². The van der Waals surface area contributed by atoms with Gasteiger partial charge in [0.05, 0.1) is 0 Å². The molecular formula is C19H29N3O2. The molecule has 1 aliphatic heterocycles. The van der Waals surface area contributed by atoms with E-state index in [0.29, 0.717) is 19.0 Å². The molecule has 132 valence electrons. The Labute approximate surface area is 145 Å². The van der Waals surface area contributed by atoms with Crippen LogP contribution in [0.25, 0.3) is 0 Å². The summed E-state index contributed by atoms with van der Waals surface area (Å²) in [6, 6.07) is 7.79. The van der Waals surface area contributed by atoms with Crippen LogP contribution in [0.2, 0.25) is 0 Å². The molecule has 1 aromatic carbocycles. The van der Waals surface area contributed by atoms with Crippen LogP contribution >= 0.6 is 0 Å². The first kappa shape index (κ1) is 18.3. The molecule has 0 bridgehead atoms. The van der Waals surface area contributed by atoms with Gasteiger partial charge < -0.3 is 15.1 Å². The van der Waals surface area contributed by atoms with E-state index in [9.17, 15) is 9.59 Å². The summed E-state index contributed by atoms with van der Waals surface area (Å²) in [5.41, 5.74) is 1.82. The van der Waals surface area contributed by atoms with Gasteiger partial charge >= 0.3 is 0 Å². The standard InChI is InChI=1S/C19H29N3O2/c1-13(2)18(22-11-7-10-17(22)23)19(24)20-15-8-6-9-16(12-15)21(5)14(3)4/h6,8-9,12-14,18H,7,10-11H2,1-5H3,(H,20,24). The third-order valence-corrected chi connectivity index (χ3v) is 4.64. The molecule has 5 nitrogen and oxygen atoms in total. The van der Waals surface area contributed by atoms with Crippen molar-refractivity contribution in [3.8, 4) is 0 Å². The number of hydrogen-bond acceptors (Lipinski definition) is 3. The first-order valence-corrected chi connectivity index (χ1v) is 8.74. The Morgan fingerprint density at radius 1 is 1.25 bits per heavy atom. The zero-order chi connectivity index (χ0) is 17.9. The highest BCUT2D eigenvalue weighted by molar-refractivity contribution is 5.98. The molecule has 1 N–H and O–H groups in total. The summed E-state index contributed by atoms with van der Waals surface area (Å²) in [5.74, 6) is 0.0512. The highest BCUT2D eigenvalue weighted by Gasteiger charge is 2.34. The minimum Gasteiger partial charge on any atom is -0.372 e. The molecule has 1 saturated heterocycles. The van der Waals surface area contributed by atoms with Crippen LogP contribution in [0.1, 0.15) is 40.5 Å². The molecule has 2 amide bonds. The maximum absolute atomic E-state index is 12.8. The molecule has 1 heterocycles. The van der Waals surface area contributed by atoms with E-state index in [1.165, 1.54) is 0 Å². The van der Waals surface area contributed by atoms with E-state index in [0.717, 1.165) is 17.8 Å². The molecule has 0 aromatic heterocycles. The predicted octanol–water partition coefficient (Wildman–Crippen LogP) is 3.12. The molecule has 0 radical (unpaired) electrons. The van der Waals surface area contributed by atoms with Gasteiger partial charge in [0.15, 0.2) is 0 Å². The van der Waals surface area contributed by atoms with Gasteiger partial charge in [-0.05, 0) is 44.4 Å². The number of carbonyl (C=O) groups is 2. The third-order valence-electron chi connectivity index (χ3n) is 4.64. The van der Waals surface area contributed by atoms with Crippen molar-refractivity contribution in [1.29, 1.82) is 0 Å². The number of hydrogen-bond donors (Lipinski definition) is 1. The number of anilines is 2. The number of likely N-dealkylation sites (tertiary alicyclic amines) is 1. The lowest BCUT2D eigenvalue weighted by Gasteiger charge is -2.30. The first-order valence-electron chi connectivity index (χ1n) is 8.74. The molecule has 1 aliphatic rings. The fourth-order valence-corrected chi connectivity index (χ4v) is 3.08. The lowest BCUT2D eigenvalue weighted by Crippen LogP contribution is -2.47. The number of carbonyl (C=O) groups excluding carboxylic acids is 2. The first-order chi connectivity index (χ1) is 11.3. The van der Waals surface area contributed by atoms with E-state index in [4.69, 9.17) is 0 Å². The third kappa shape index (κ3) is 4.08. The number of amides is 2. The highest BCUT2D eigenvalue weighted by atomic mass is 16.2. The number of rotatable bonds is 6. The van der Waals surface area contributed by atoms with E-state index in [-0.39, 0.29) is 17.7 Å². The van der Waals surface area contributed by atoms with Crippen molar-refractivity contribution in [2.24, 2.45) is 5.92 Å². The lowest BCUT2D eigenvalue weighted by atomic mass is 10.0. The number of nitrogens with zero attached hydrogens (tertiary/aromatic N) is 2. The minimum atomic E-state index is -0.411. The Morgan fingerprint density at radius 2 is 1.96 bits per heavy atom. The van der Waals surface area contributed by atoms with Crippen LogP contribution in [0, 0.1) is 5.92 Å². The van der Waals surface area contributed by atoms with Gasteiger partial charge in [0.1, 0.15) is 6.04 Å². The summed E-state index contributed by atoms with van der Waals surface area (Å²) in [6.07, 6.45) is 1.38. The van der Waals surface area contributed by atoms with Crippen molar-refractivity contribution < 1.29 is 9.59 Å². The summed E-state index contributed by atoms with van der Waals surface area (Å²) in [4.78, 5) is 28.7. The van der Waals surface area contributed by atoms with Gasteiger partial charge in [0, 0.05) is 37.4 Å². The van der Waals surface area contributed by atoms with E-state index in [2.05, 4.69) is 24.1 Å². The van der Waals surface area contributed by atoms with Crippen molar-refractivity contribution in [3.63, 3.8) is 0 Å².